The maximum absolute atomic E-state index is 13.3. The molecule has 3 atom stereocenters. The highest BCUT2D eigenvalue weighted by Crippen LogP contribution is 2.17. The number of nitrogens with one attached hydrogen (secondary N) is 2. The summed E-state index contributed by atoms with van der Waals surface area (Å²) in [5.74, 6) is 0.0737. The van der Waals surface area contributed by atoms with E-state index in [-0.39, 0.29) is 31.1 Å². The van der Waals surface area contributed by atoms with Crippen molar-refractivity contribution in [3.8, 4) is 0 Å². The third kappa shape index (κ3) is 5.78. The lowest BCUT2D eigenvalue weighted by Crippen LogP contribution is -2.51. The van der Waals surface area contributed by atoms with E-state index in [4.69, 9.17) is 10.8 Å². The van der Waals surface area contributed by atoms with Gasteiger partial charge in [-0.25, -0.2) is 4.39 Å². The summed E-state index contributed by atoms with van der Waals surface area (Å²) in [5.41, 5.74) is 6.69. The molecule has 1 fully saturated rings. The van der Waals surface area contributed by atoms with E-state index in [9.17, 15) is 9.50 Å². The van der Waals surface area contributed by atoms with Crippen LogP contribution in [0.1, 0.15) is 25.7 Å². The second-order valence-electron chi connectivity index (χ2n) is 5.86. The molecule has 0 heterocycles. The highest BCUT2D eigenvalue weighted by molar-refractivity contribution is 5.93. The maximum Gasteiger partial charge on any atom is 0.196 e. The number of aliphatic hydroxyl groups is 2. The zero-order valence-corrected chi connectivity index (χ0v) is 13.1. The first kappa shape index (κ1) is 17.7. The fourth-order valence-electron chi connectivity index (χ4n) is 2.59. The van der Waals surface area contributed by atoms with E-state index >= 15 is 0 Å². The summed E-state index contributed by atoms with van der Waals surface area (Å²) in [6.07, 6.45) is 3.17. The molecule has 7 heteroatoms. The number of guanidine groups is 1. The maximum atomic E-state index is 13.3. The van der Waals surface area contributed by atoms with Gasteiger partial charge in [0.1, 0.15) is 5.82 Å². The monoisotopic (exact) mass is 324 g/mol. The average Bonchev–Trinajstić information content (AvgIpc) is 2.54. The molecule has 0 aliphatic heterocycles. The third-order valence-corrected chi connectivity index (χ3v) is 3.90. The summed E-state index contributed by atoms with van der Waals surface area (Å²) in [5, 5.41) is 24.7. The molecule has 2 rings (SSSR count). The third-order valence-electron chi connectivity index (χ3n) is 3.90. The molecule has 1 aliphatic carbocycles. The first-order valence-electron chi connectivity index (χ1n) is 7.96. The van der Waals surface area contributed by atoms with E-state index in [2.05, 4.69) is 15.6 Å². The Morgan fingerprint density at radius 3 is 2.87 bits per heavy atom. The van der Waals surface area contributed by atoms with E-state index in [1.54, 1.807) is 12.1 Å². The second kappa shape index (κ2) is 8.81. The largest absolute Gasteiger partial charge is 0.394 e. The molecule has 6 nitrogen and oxygen atoms in total. The number of hydrogen-bond donors (Lipinski definition) is 5. The quantitative estimate of drug-likeness (QED) is 0.407. The van der Waals surface area contributed by atoms with Crippen LogP contribution in [-0.4, -0.2) is 47.5 Å². The Morgan fingerprint density at radius 1 is 1.39 bits per heavy atom. The minimum Gasteiger partial charge on any atom is -0.394 e. The summed E-state index contributed by atoms with van der Waals surface area (Å²) in [6.45, 7) is -0.317. The number of benzene rings is 1. The Kier molecular flexibility index (Phi) is 6.76. The number of anilines is 1. The molecule has 0 radical (unpaired) electrons. The molecule has 1 aromatic carbocycles. The molecule has 128 valence electrons. The van der Waals surface area contributed by atoms with Crippen molar-refractivity contribution in [2.75, 3.05) is 18.5 Å². The van der Waals surface area contributed by atoms with Gasteiger partial charge in [0, 0.05) is 17.8 Å². The van der Waals surface area contributed by atoms with Gasteiger partial charge in [-0.05, 0) is 31.0 Å². The van der Waals surface area contributed by atoms with E-state index in [0.717, 1.165) is 25.7 Å². The molecule has 1 aliphatic rings. The van der Waals surface area contributed by atoms with Crippen LogP contribution in [0, 0.1) is 5.82 Å². The van der Waals surface area contributed by atoms with E-state index < -0.39 is 6.10 Å². The standard InChI is InChI=1S/C16H25FN4O2/c17-11-4-3-5-12(8-11)20-16(19-9-13(23)10-22)21-15-7-2-1-6-14(15)18/h3-5,8,13-15,22-23H,1-2,6-7,9-10,18H2,(H2,19,20,21)/t13?,14-,15-/m0/s1. The van der Waals surface area contributed by atoms with Crippen LogP contribution in [0.3, 0.4) is 0 Å². The number of nitrogens with zero attached hydrogens (tertiary/aromatic N) is 1. The Morgan fingerprint density at radius 2 is 2.17 bits per heavy atom. The van der Waals surface area contributed by atoms with Gasteiger partial charge in [-0.2, -0.15) is 0 Å². The molecule has 0 amide bonds. The minimum absolute atomic E-state index is 0.0334. The first-order chi connectivity index (χ1) is 11.1. The van der Waals surface area contributed by atoms with Crippen LogP contribution >= 0.6 is 0 Å². The molecule has 0 spiro atoms. The van der Waals surface area contributed by atoms with E-state index in [1.807, 2.05) is 0 Å². The number of halogens is 1. The van der Waals surface area contributed by atoms with Gasteiger partial charge in [0.05, 0.1) is 19.3 Å². The highest BCUT2D eigenvalue weighted by Gasteiger charge is 2.22. The second-order valence-corrected chi connectivity index (χ2v) is 5.86. The number of aliphatic imine (C=N–C) groups is 1. The van der Waals surface area contributed by atoms with E-state index in [1.165, 1.54) is 12.1 Å². The van der Waals surface area contributed by atoms with Gasteiger partial charge >= 0.3 is 0 Å². The molecule has 1 saturated carbocycles. The highest BCUT2D eigenvalue weighted by atomic mass is 19.1. The van der Waals surface area contributed by atoms with Crippen LogP contribution in [0.25, 0.3) is 0 Å². The van der Waals surface area contributed by atoms with Crippen LogP contribution in [0.15, 0.2) is 29.3 Å². The molecule has 1 unspecified atom stereocenters. The lowest BCUT2D eigenvalue weighted by molar-refractivity contribution is 0.102. The van der Waals surface area contributed by atoms with Crippen molar-refractivity contribution < 1.29 is 14.6 Å². The van der Waals surface area contributed by atoms with Gasteiger partial charge < -0.3 is 26.6 Å². The molecule has 0 aromatic heterocycles. The average molecular weight is 324 g/mol. The SMILES string of the molecule is N[C@H]1CCCC[C@@H]1NC(=NCC(O)CO)Nc1cccc(F)c1. The Labute approximate surface area is 135 Å². The molecule has 1 aromatic rings. The fourth-order valence-corrected chi connectivity index (χ4v) is 2.59. The van der Waals surface area contributed by atoms with Crippen LogP contribution in [0.4, 0.5) is 10.1 Å². The van der Waals surface area contributed by atoms with Crippen molar-refractivity contribution in [3.05, 3.63) is 30.1 Å². The first-order valence-corrected chi connectivity index (χ1v) is 7.96. The van der Waals surface area contributed by atoms with Crippen molar-refractivity contribution in [1.82, 2.24) is 5.32 Å². The summed E-state index contributed by atoms with van der Waals surface area (Å²) in [7, 11) is 0. The number of aliphatic hydroxyl groups excluding tert-OH is 2. The lowest BCUT2D eigenvalue weighted by Gasteiger charge is -2.30. The van der Waals surface area contributed by atoms with Crippen molar-refractivity contribution in [1.29, 1.82) is 0 Å². The summed E-state index contributed by atoms with van der Waals surface area (Å²) in [4.78, 5) is 4.25. The zero-order chi connectivity index (χ0) is 16.7. The van der Waals surface area contributed by atoms with Crippen LogP contribution in [-0.2, 0) is 0 Å². The Bertz CT molecular complexity index is 527. The van der Waals surface area contributed by atoms with E-state index in [0.29, 0.717) is 11.6 Å². The van der Waals surface area contributed by atoms with Gasteiger partial charge in [0.15, 0.2) is 5.96 Å². The molecule has 0 bridgehead atoms. The van der Waals surface area contributed by atoms with Gasteiger partial charge in [0.25, 0.3) is 0 Å². The zero-order valence-electron chi connectivity index (χ0n) is 13.1. The summed E-state index contributed by atoms with van der Waals surface area (Å²) >= 11 is 0. The van der Waals surface area contributed by atoms with Gasteiger partial charge in [-0.15, -0.1) is 0 Å². The molecule has 6 N–H and O–H groups in total. The van der Waals surface area contributed by atoms with Crippen molar-refractivity contribution in [3.63, 3.8) is 0 Å². The summed E-state index contributed by atoms with van der Waals surface area (Å²) < 4.78 is 13.3. The number of rotatable bonds is 5. The number of hydrogen-bond acceptors (Lipinski definition) is 4. The van der Waals surface area contributed by atoms with Crippen LogP contribution < -0.4 is 16.4 Å². The predicted molar refractivity (Wildman–Crippen MR) is 88.8 cm³/mol. The van der Waals surface area contributed by atoms with Gasteiger partial charge in [0.2, 0.25) is 0 Å². The normalized spacial score (nSPS) is 23.4. The smallest absolute Gasteiger partial charge is 0.196 e. The van der Waals surface area contributed by atoms with Gasteiger partial charge in [-0.1, -0.05) is 18.9 Å². The van der Waals surface area contributed by atoms with Crippen molar-refractivity contribution >= 4 is 11.6 Å². The fraction of sp³-hybridized carbons (Fsp3) is 0.562. The van der Waals surface area contributed by atoms with Crippen LogP contribution in [0.2, 0.25) is 0 Å². The Balaban J connectivity index is 2.07. The Hall–Kier alpha value is -1.70. The topological polar surface area (TPSA) is 103 Å². The molecular formula is C16H25FN4O2. The predicted octanol–water partition coefficient (Wildman–Crippen LogP) is 0.806. The van der Waals surface area contributed by atoms with Crippen molar-refractivity contribution in [2.24, 2.45) is 10.7 Å². The lowest BCUT2D eigenvalue weighted by atomic mass is 9.91. The van der Waals surface area contributed by atoms with Gasteiger partial charge in [-0.3, -0.25) is 4.99 Å². The van der Waals surface area contributed by atoms with Crippen LogP contribution in [0.5, 0.6) is 0 Å². The molecule has 0 saturated heterocycles. The van der Waals surface area contributed by atoms with Crippen molar-refractivity contribution in [2.45, 2.75) is 43.9 Å². The molecular weight excluding hydrogens is 299 g/mol. The summed E-state index contributed by atoms with van der Waals surface area (Å²) in [6, 6.07) is 6.16. The number of nitrogens with two attached hydrogens (primary N) is 1. The molecule has 23 heavy (non-hydrogen) atoms. The minimum atomic E-state index is -0.930.